The number of rotatable bonds is 3. The van der Waals surface area contributed by atoms with Crippen molar-refractivity contribution in [2.75, 3.05) is 0 Å². The lowest BCUT2D eigenvalue weighted by Gasteiger charge is -2.05. The van der Waals surface area contributed by atoms with Gasteiger partial charge >= 0.3 is 5.97 Å². The molecule has 0 radical (unpaired) electrons. The molecule has 0 unspecified atom stereocenters. The largest absolute Gasteiger partial charge is 0.480 e. The van der Waals surface area contributed by atoms with Crippen LogP contribution in [-0.2, 0) is 4.79 Å². The van der Waals surface area contributed by atoms with Crippen molar-refractivity contribution in [3.05, 3.63) is 11.6 Å². The van der Waals surface area contributed by atoms with E-state index >= 15 is 0 Å². The zero-order valence-corrected chi connectivity index (χ0v) is 6.42. The molecular formula is C8H13NO2. The molecule has 0 aromatic rings. The Morgan fingerprint density at radius 3 is 3.00 bits per heavy atom. The van der Waals surface area contributed by atoms with E-state index in [1.807, 2.05) is 0 Å². The third-order valence-corrected chi connectivity index (χ3v) is 1.93. The monoisotopic (exact) mass is 155 g/mol. The lowest BCUT2D eigenvalue weighted by molar-refractivity contribution is -0.138. The van der Waals surface area contributed by atoms with Gasteiger partial charge in [0.25, 0.3) is 0 Å². The first-order valence-corrected chi connectivity index (χ1v) is 3.86. The molecule has 0 spiro atoms. The number of hydrogen-bond donors (Lipinski definition) is 2. The Kier molecular flexibility index (Phi) is 2.65. The minimum Gasteiger partial charge on any atom is -0.480 e. The summed E-state index contributed by atoms with van der Waals surface area (Å²) in [5, 5.41) is 8.49. The highest BCUT2D eigenvalue weighted by Gasteiger charge is 2.14. The summed E-state index contributed by atoms with van der Waals surface area (Å²) in [5.41, 5.74) is 6.56. The molecule has 0 saturated heterocycles. The second-order valence-electron chi connectivity index (χ2n) is 2.90. The molecule has 0 heterocycles. The molecule has 1 rings (SSSR count). The van der Waals surface area contributed by atoms with Gasteiger partial charge in [-0.1, -0.05) is 11.6 Å². The van der Waals surface area contributed by atoms with Crippen LogP contribution in [0.4, 0.5) is 0 Å². The van der Waals surface area contributed by atoms with Gasteiger partial charge < -0.3 is 10.8 Å². The van der Waals surface area contributed by atoms with E-state index in [9.17, 15) is 4.79 Å². The molecule has 0 fully saturated rings. The predicted molar refractivity (Wildman–Crippen MR) is 42.2 cm³/mol. The van der Waals surface area contributed by atoms with Crippen molar-refractivity contribution in [2.45, 2.75) is 31.7 Å². The fraction of sp³-hybridized carbons (Fsp3) is 0.625. The van der Waals surface area contributed by atoms with Crippen molar-refractivity contribution < 1.29 is 9.90 Å². The molecule has 0 aliphatic heterocycles. The van der Waals surface area contributed by atoms with Gasteiger partial charge in [0.15, 0.2) is 0 Å². The second kappa shape index (κ2) is 3.53. The number of nitrogens with two attached hydrogens (primary N) is 1. The lowest BCUT2D eigenvalue weighted by Crippen LogP contribution is -2.30. The van der Waals surface area contributed by atoms with Crippen LogP contribution in [-0.4, -0.2) is 17.1 Å². The van der Waals surface area contributed by atoms with Crippen LogP contribution in [0, 0.1) is 0 Å². The lowest BCUT2D eigenvalue weighted by atomic mass is 10.1. The second-order valence-corrected chi connectivity index (χ2v) is 2.90. The van der Waals surface area contributed by atoms with Crippen LogP contribution in [0.5, 0.6) is 0 Å². The maximum Gasteiger partial charge on any atom is 0.320 e. The van der Waals surface area contributed by atoms with E-state index in [0.717, 1.165) is 19.3 Å². The van der Waals surface area contributed by atoms with Gasteiger partial charge in [-0.15, -0.1) is 0 Å². The Bertz CT molecular complexity index is 187. The summed E-state index contributed by atoms with van der Waals surface area (Å²) in [5.74, 6) is -0.905. The van der Waals surface area contributed by atoms with Gasteiger partial charge in [-0.05, 0) is 25.7 Å². The van der Waals surface area contributed by atoms with E-state index in [4.69, 9.17) is 10.8 Å². The first-order chi connectivity index (χ1) is 5.20. The fourth-order valence-corrected chi connectivity index (χ4v) is 1.29. The summed E-state index contributed by atoms with van der Waals surface area (Å²) < 4.78 is 0. The van der Waals surface area contributed by atoms with Crippen LogP contribution < -0.4 is 5.73 Å². The van der Waals surface area contributed by atoms with Crippen LogP contribution in [0.25, 0.3) is 0 Å². The molecule has 3 nitrogen and oxygen atoms in total. The van der Waals surface area contributed by atoms with Crippen LogP contribution in [0.3, 0.4) is 0 Å². The number of hydrogen-bond acceptors (Lipinski definition) is 2. The highest BCUT2D eigenvalue weighted by molar-refractivity contribution is 5.73. The minimum absolute atomic E-state index is 0.523. The summed E-state index contributed by atoms with van der Waals surface area (Å²) >= 11 is 0. The number of allylic oxidation sites excluding steroid dienone is 1. The minimum atomic E-state index is -0.905. The zero-order valence-electron chi connectivity index (χ0n) is 6.42. The fourth-order valence-electron chi connectivity index (χ4n) is 1.29. The van der Waals surface area contributed by atoms with Crippen LogP contribution in [0.2, 0.25) is 0 Å². The van der Waals surface area contributed by atoms with Crippen LogP contribution in [0.1, 0.15) is 25.7 Å². The highest BCUT2D eigenvalue weighted by atomic mass is 16.4. The Labute approximate surface area is 65.9 Å². The summed E-state index contributed by atoms with van der Waals surface area (Å²) in [7, 11) is 0. The molecule has 1 aliphatic rings. The molecule has 62 valence electrons. The van der Waals surface area contributed by atoms with Gasteiger partial charge in [-0.25, -0.2) is 0 Å². The average Bonchev–Trinajstić information content (AvgIpc) is 2.39. The maximum absolute atomic E-state index is 10.3. The molecule has 3 N–H and O–H groups in total. The summed E-state index contributed by atoms with van der Waals surface area (Å²) in [6.45, 7) is 0. The van der Waals surface area contributed by atoms with E-state index in [2.05, 4.69) is 6.08 Å². The molecule has 0 bridgehead atoms. The molecule has 11 heavy (non-hydrogen) atoms. The SMILES string of the molecule is N[C@H](CC1=CCCC1)C(=O)O. The standard InChI is InChI=1S/C8H13NO2/c9-7(8(10)11)5-6-3-1-2-4-6/h3,7H,1-2,4-5,9H2,(H,10,11)/t7-/m1/s1. The smallest absolute Gasteiger partial charge is 0.320 e. The molecule has 1 atom stereocenters. The first kappa shape index (κ1) is 8.27. The van der Waals surface area contributed by atoms with Crippen molar-refractivity contribution in [2.24, 2.45) is 5.73 Å². The predicted octanol–water partition coefficient (Wildman–Crippen LogP) is 0.899. The third kappa shape index (κ3) is 2.35. The molecule has 3 heteroatoms. The molecule has 0 aromatic heterocycles. The number of carboxylic acids is 1. The van der Waals surface area contributed by atoms with Gasteiger partial charge in [-0.3, -0.25) is 4.79 Å². The van der Waals surface area contributed by atoms with Gasteiger partial charge in [0, 0.05) is 0 Å². The van der Waals surface area contributed by atoms with Crippen molar-refractivity contribution in [3.63, 3.8) is 0 Å². The summed E-state index contributed by atoms with van der Waals surface area (Å²) in [6, 6.07) is -0.709. The van der Waals surface area contributed by atoms with E-state index in [0.29, 0.717) is 6.42 Å². The van der Waals surface area contributed by atoms with E-state index in [1.54, 1.807) is 0 Å². The van der Waals surface area contributed by atoms with Crippen molar-refractivity contribution >= 4 is 5.97 Å². The van der Waals surface area contributed by atoms with Crippen LogP contribution >= 0.6 is 0 Å². The van der Waals surface area contributed by atoms with Gasteiger partial charge in [0.05, 0.1) is 0 Å². The first-order valence-electron chi connectivity index (χ1n) is 3.86. The summed E-state index contributed by atoms with van der Waals surface area (Å²) in [6.07, 6.45) is 5.89. The number of carbonyl (C=O) groups is 1. The molecule has 0 amide bonds. The van der Waals surface area contributed by atoms with Crippen LogP contribution in [0.15, 0.2) is 11.6 Å². The topological polar surface area (TPSA) is 63.3 Å². The normalized spacial score (nSPS) is 19.5. The van der Waals surface area contributed by atoms with Crippen molar-refractivity contribution in [1.82, 2.24) is 0 Å². The number of aliphatic carboxylic acids is 1. The van der Waals surface area contributed by atoms with Gasteiger partial charge in [-0.2, -0.15) is 0 Å². The van der Waals surface area contributed by atoms with E-state index < -0.39 is 12.0 Å². The molecule has 1 aliphatic carbocycles. The van der Waals surface area contributed by atoms with E-state index in [1.165, 1.54) is 5.57 Å². The summed E-state index contributed by atoms with van der Waals surface area (Å²) in [4.78, 5) is 10.3. The maximum atomic E-state index is 10.3. The molecular weight excluding hydrogens is 142 g/mol. The zero-order chi connectivity index (χ0) is 8.27. The Balaban J connectivity index is 2.35. The van der Waals surface area contributed by atoms with Gasteiger partial charge in [0.1, 0.15) is 6.04 Å². The molecule has 0 aromatic carbocycles. The highest BCUT2D eigenvalue weighted by Crippen LogP contribution is 2.21. The Morgan fingerprint density at radius 2 is 2.55 bits per heavy atom. The molecule has 0 saturated carbocycles. The van der Waals surface area contributed by atoms with Gasteiger partial charge in [0.2, 0.25) is 0 Å². The average molecular weight is 155 g/mol. The third-order valence-electron chi connectivity index (χ3n) is 1.93. The van der Waals surface area contributed by atoms with E-state index in [-0.39, 0.29) is 0 Å². The van der Waals surface area contributed by atoms with Crippen molar-refractivity contribution in [3.8, 4) is 0 Å². The van der Waals surface area contributed by atoms with Crippen molar-refractivity contribution in [1.29, 1.82) is 0 Å². The quantitative estimate of drug-likeness (QED) is 0.595. The number of carboxylic acid groups (broad SMARTS) is 1. The Morgan fingerprint density at radius 1 is 1.82 bits per heavy atom. The Hall–Kier alpha value is -0.830.